The molecule has 0 saturated heterocycles. The molecule has 2 aromatic carbocycles. The third-order valence-electron chi connectivity index (χ3n) is 4.19. The molecule has 1 atom stereocenters. The summed E-state index contributed by atoms with van der Waals surface area (Å²) in [5, 5.41) is 11.9. The fourth-order valence-corrected chi connectivity index (χ4v) is 2.92. The summed E-state index contributed by atoms with van der Waals surface area (Å²) in [6.07, 6.45) is 9.68. The highest BCUT2D eigenvalue weighted by Gasteiger charge is 2.00. The van der Waals surface area contributed by atoms with E-state index in [9.17, 15) is 5.11 Å². The zero-order chi connectivity index (χ0) is 15.8. The van der Waals surface area contributed by atoms with Crippen molar-refractivity contribution < 1.29 is 5.11 Å². The van der Waals surface area contributed by atoms with Crippen LogP contribution in [0.3, 0.4) is 0 Å². The first-order valence-electron chi connectivity index (χ1n) is 8.49. The van der Waals surface area contributed by atoms with Crippen LogP contribution in [0, 0.1) is 0 Å². The maximum atomic E-state index is 9.24. The molecule has 1 unspecified atom stereocenters. The van der Waals surface area contributed by atoms with Gasteiger partial charge in [0, 0.05) is 0 Å². The summed E-state index contributed by atoms with van der Waals surface area (Å²) in [7, 11) is 0. The van der Waals surface area contributed by atoms with Crippen molar-refractivity contribution in [1.82, 2.24) is 0 Å². The third-order valence-corrected chi connectivity index (χ3v) is 4.19. The van der Waals surface area contributed by atoms with Gasteiger partial charge in [0.2, 0.25) is 0 Å². The molecule has 0 saturated carbocycles. The van der Waals surface area contributed by atoms with Crippen molar-refractivity contribution in [2.75, 3.05) is 0 Å². The molecule has 1 nitrogen and oxygen atoms in total. The Balaban J connectivity index is 1.84. The van der Waals surface area contributed by atoms with Gasteiger partial charge in [-0.1, -0.05) is 61.7 Å². The summed E-state index contributed by atoms with van der Waals surface area (Å²) in [6.45, 7) is 5.67. The molecular weight excluding hydrogens is 268 g/mol. The standard InChI is InChI=1S/C21H28O/c1-3-8-18-11-13-21-16-19(12-14-20(21)15-18)10-7-5-4-6-9-17(2)22/h3,11-17,22H,1,4-10H2,2H3. The number of aliphatic hydroxyl groups is 1. The summed E-state index contributed by atoms with van der Waals surface area (Å²) in [5.41, 5.74) is 2.76. The Hall–Kier alpha value is -1.60. The molecule has 0 amide bonds. The summed E-state index contributed by atoms with van der Waals surface area (Å²) >= 11 is 0. The Morgan fingerprint density at radius 3 is 2.27 bits per heavy atom. The van der Waals surface area contributed by atoms with E-state index >= 15 is 0 Å². The monoisotopic (exact) mass is 296 g/mol. The van der Waals surface area contributed by atoms with Crippen LogP contribution in [0.1, 0.15) is 50.2 Å². The van der Waals surface area contributed by atoms with Gasteiger partial charge in [0.1, 0.15) is 0 Å². The molecule has 0 aliphatic heterocycles. The van der Waals surface area contributed by atoms with Crippen LogP contribution in [0.4, 0.5) is 0 Å². The molecule has 22 heavy (non-hydrogen) atoms. The lowest BCUT2D eigenvalue weighted by atomic mass is 9.99. The lowest BCUT2D eigenvalue weighted by molar-refractivity contribution is 0.180. The molecule has 2 rings (SSSR count). The number of hydrogen-bond donors (Lipinski definition) is 1. The predicted octanol–water partition coefficient (Wildman–Crippen LogP) is 5.44. The van der Waals surface area contributed by atoms with Crippen molar-refractivity contribution in [3.63, 3.8) is 0 Å². The molecule has 0 radical (unpaired) electrons. The topological polar surface area (TPSA) is 20.2 Å². The van der Waals surface area contributed by atoms with Crippen LogP contribution in [-0.4, -0.2) is 11.2 Å². The van der Waals surface area contributed by atoms with Gasteiger partial charge < -0.3 is 5.11 Å². The number of rotatable bonds is 9. The van der Waals surface area contributed by atoms with Gasteiger partial charge >= 0.3 is 0 Å². The van der Waals surface area contributed by atoms with Crippen molar-refractivity contribution in [2.24, 2.45) is 0 Å². The smallest absolute Gasteiger partial charge is 0.0512 e. The molecule has 0 bridgehead atoms. The van der Waals surface area contributed by atoms with Crippen LogP contribution < -0.4 is 0 Å². The van der Waals surface area contributed by atoms with Crippen molar-refractivity contribution in [3.8, 4) is 0 Å². The van der Waals surface area contributed by atoms with Crippen LogP contribution in [0.25, 0.3) is 10.8 Å². The van der Waals surface area contributed by atoms with Crippen LogP contribution in [0.15, 0.2) is 49.1 Å². The van der Waals surface area contributed by atoms with E-state index in [1.807, 2.05) is 13.0 Å². The van der Waals surface area contributed by atoms with Crippen molar-refractivity contribution in [2.45, 2.75) is 58.0 Å². The first-order valence-corrected chi connectivity index (χ1v) is 8.49. The molecule has 0 aliphatic rings. The summed E-state index contributed by atoms with van der Waals surface area (Å²) in [5.74, 6) is 0. The Bertz CT molecular complexity index is 598. The SMILES string of the molecule is C=CCc1ccc2cc(CCCCCCC(C)O)ccc2c1. The molecule has 0 aromatic heterocycles. The lowest BCUT2D eigenvalue weighted by Gasteiger charge is -2.06. The fourth-order valence-electron chi connectivity index (χ4n) is 2.92. The average molecular weight is 296 g/mol. The molecule has 0 fully saturated rings. The van der Waals surface area contributed by atoms with Gasteiger partial charge in [-0.15, -0.1) is 6.58 Å². The Morgan fingerprint density at radius 1 is 0.955 bits per heavy atom. The highest BCUT2D eigenvalue weighted by atomic mass is 16.3. The molecule has 0 heterocycles. The van der Waals surface area contributed by atoms with Crippen LogP contribution in [0.5, 0.6) is 0 Å². The number of fused-ring (bicyclic) bond motifs is 1. The minimum atomic E-state index is -0.147. The number of hydrogen-bond acceptors (Lipinski definition) is 1. The summed E-state index contributed by atoms with van der Waals surface area (Å²) in [4.78, 5) is 0. The fraction of sp³-hybridized carbons (Fsp3) is 0.429. The minimum absolute atomic E-state index is 0.147. The predicted molar refractivity (Wildman–Crippen MR) is 96.3 cm³/mol. The number of unbranched alkanes of at least 4 members (excludes halogenated alkanes) is 3. The van der Waals surface area contributed by atoms with E-state index in [0.29, 0.717) is 0 Å². The number of allylic oxidation sites excluding steroid dienone is 1. The zero-order valence-electron chi connectivity index (χ0n) is 13.7. The minimum Gasteiger partial charge on any atom is -0.393 e. The van der Waals surface area contributed by atoms with E-state index in [-0.39, 0.29) is 6.10 Å². The maximum Gasteiger partial charge on any atom is 0.0512 e. The van der Waals surface area contributed by atoms with Crippen molar-refractivity contribution >= 4 is 10.8 Å². The average Bonchev–Trinajstić information content (AvgIpc) is 2.51. The Morgan fingerprint density at radius 2 is 1.59 bits per heavy atom. The summed E-state index contributed by atoms with van der Waals surface area (Å²) < 4.78 is 0. The second-order valence-electron chi connectivity index (χ2n) is 6.31. The van der Waals surface area contributed by atoms with E-state index < -0.39 is 0 Å². The third kappa shape index (κ3) is 5.31. The van der Waals surface area contributed by atoms with Gasteiger partial charge in [-0.2, -0.15) is 0 Å². The normalized spacial score (nSPS) is 12.5. The Kier molecular flexibility index (Phi) is 6.67. The molecule has 118 valence electrons. The second-order valence-corrected chi connectivity index (χ2v) is 6.31. The molecule has 0 aliphatic carbocycles. The molecule has 1 heteroatoms. The van der Waals surface area contributed by atoms with E-state index in [1.54, 1.807) is 0 Å². The van der Waals surface area contributed by atoms with Gasteiger partial charge in [0.05, 0.1) is 6.10 Å². The number of aliphatic hydroxyl groups excluding tert-OH is 1. The van der Waals surface area contributed by atoms with Crippen molar-refractivity contribution in [1.29, 1.82) is 0 Å². The van der Waals surface area contributed by atoms with E-state index in [4.69, 9.17) is 0 Å². The highest BCUT2D eigenvalue weighted by molar-refractivity contribution is 5.83. The zero-order valence-corrected chi connectivity index (χ0v) is 13.7. The van der Waals surface area contributed by atoms with E-state index in [0.717, 1.165) is 25.7 Å². The van der Waals surface area contributed by atoms with E-state index in [2.05, 4.69) is 43.0 Å². The first-order chi connectivity index (χ1) is 10.7. The Labute approximate surface area is 134 Å². The number of aryl methyl sites for hydroxylation is 1. The van der Waals surface area contributed by atoms with Gasteiger partial charge in [0.15, 0.2) is 0 Å². The quantitative estimate of drug-likeness (QED) is 0.482. The van der Waals surface area contributed by atoms with Gasteiger partial charge in [-0.05, 0) is 54.5 Å². The van der Waals surface area contributed by atoms with Gasteiger partial charge in [-0.3, -0.25) is 0 Å². The second kappa shape index (κ2) is 8.75. The first kappa shape index (κ1) is 16.8. The van der Waals surface area contributed by atoms with Crippen LogP contribution >= 0.6 is 0 Å². The molecule has 1 N–H and O–H groups in total. The van der Waals surface area contributed by atoms with Crippen molar-refractivity contribution in [3.05, 3.63) is 60.2 Å². The number of benzene rings is 2. The van der Waals surface area contributed by atoms with E-state index in [1.165, 1.54) is 41.2 Å². The maximum absolute atomic E-state index is 9.24. The molecule has 0 spiro atoms. The largest absolute Gasteiger partial charge is 0.393 e. The lowest BCUT2D eigenvalue weighted by Crippen LogP contribution is -1.98. The highest BCUT2D eigenvalue weighted by Crippen LogP contribution is 2.20. The van der Waals surface area contributed by atoms with Crippen LogP contribution in [-0.2, 0) is 12.8 Å². The molecule has 2 aromatic rings. The molecular formula is C21H28O. The van der Waals surface area contributed by atoms with Crippen LogP contribution in [0.2, 0.25) is 0 Å². The van der Waals surface area contributed by atoms with Gasteiger partial charge in [0.25, 0.3) is 0 Å². The van der Waals surface area contributed by atoms with Gasteiger partial charge in [-0.25, -0.2) is 0 Å². The summed E-state index contributed by atoms with van der Waals surface area (Å²) in [6, 6.07) is 13.5.